The number of hydrogen-bond donors (Lipinski definition) is 2. The zero-order chi connectivity index (χ0) is 39.7. The highest BCUT2D eigenvalue weighted by Gasteiger charge is 2.43. The summed E-state index contributed by atoms with van der Waals surface area (Å²) in [6.45, 7) is 14.0. The molecule has 13 nitrogen and oxygen atoms in total. The number of amides is 3. The second-order valence-electron chi connectivity index (χ2n) is 15.3. The number of sulfonamides is 1. The van der Waals surface area contributed by atoms with Gasteiger partial charge in [0.2, 0.25) is 17.7 Å². The molecule has 52 heavy (non-hydrogen) atoms. The van der Waals surface area contributed by atoms with Crippen LogP contribution >= 0.6 is 0 Å². The van der Waals surface area contributed by atoms with E-state index in [0.717, 1.165) is 6.42 Å². The summed E-state index contributed by atoms with van der Waals surface area (Å²) in [6.07, 6.45) is 0.611. The van der Waals surface area contributed by atoms with Gasteiger partial charge in [-0.3, -0.25) is 24.1 Å². The molecule has 1 heterocycles. The topological polar surface area (TPSA) is 169 Å². The van der Waals surface area contributed by atoms with Gasteiger partial charge < -0.3 is 25.0 Å². The molecule has 8 atom stereocenters. The van der Waals surface area contributed by atoms with Gasteiger partial charge in [0.25, 0.3) is 10.0 Å². The molecule has 0 radical (unpaired) electrons. The van der Waals surface area contributed by atoms with Gasteiger partial charge >= 0.3 is 0 Å². The Balaban J connectivity index is 2.29. The van der Waals surface area contributed by atoms with E-state index in [1.54, 1.807) is 23.8 Å². The fraction of sp³-hybridized carbons (Fsp3) is 0.737. The molecule has 1 unspecified atom stereocenters. The predicted octanol–water partition coefficient (Wildman–Crippen LogP) is 3.81. The fourth-order valence-electron chi connectivity index (χ4n) is 7.70. The van der Waals surface area contributed by atoms with Crippen molar-refractivity contribution in [1.29, 1.82) is 0 Å². The summed E-state index contributed by atoms with van der Waals surface area (Å²) in [5.74, 6) is -2.59. The first-order valence-corrected chi connectivity index (χ1v) is 19.9. The van der Waals surface area contributed by atoms with Crippen molar-refractivity contribution in [3.8, 4) is 0 Å². The maximum absolute atomic E-state index is 14.2. The van der Waals surface area contributed by atoms with Crippen molar-refractivity contribution in [3.63, 3.8) is 0 Å². The molecule has 1 aliphatic heterocycles. The summed E-state index contributed by atoms with van der Waals surface area (Å²) in [6, 6.07) is 4.26. The van der Waals surface area contributed by atoms with Crippen LogP contribution in [0, 0.1) is 29.6 Å². The summed E-state index contributed by atoms with van der Waals surface area (Å²) in [7, 11) is 4.31. The summed E-state index contributed by atoms with van der Waals surface area (Å²) in [5.41, 5.74) is 6.07. The van der Waals surface area contributed by atoms with E-state index in [4.69, 9.17) is 15.2 Å². The molecule has 3 amide bonds. The van der Waals surface area contributed by atoms with E-state index in [1.165, 1.54) is 38.5 Å². The standard InChI is InChI=1S/C38H65N5O8S/c1-13-25(6)35(42(10)38(47)29(23(2)3)21-31(44)34(24(4)5)41(8)9)32(50-11)22-33(45)43-20-14-15-30(43)36(51-12)26(7)37(46)40-52(48,49)28-18-16-27(39)17-19-28/h16-19,23-26,29-30,32,34-36H,13-15,20-22,39H2,1-12H3,(H,40,46)/t25?,26-,29+,30+,32-,34+,35+,36-/m1/s1. The average molecular weight is 752 g/mol. The minimum atomic E-state index is -4.16. The maximum atomic E-state index is 14.2. The molecule has 296 valence electrons. The Morgan fingerprint density at radius 3 is 2.02 bits per heavy atom. The molecule has 0 spiro atoms. The van der Waals surface area contributed by atoms with Crippen LogP contribution in [0.4, 0.5) is 5.69 Å². The van der Waals surface area contributed by atoms with Crippen LogP contribution in [0.3, 0.4) is 0 Å². The highest BCUT2D eigenvalue weighted by Crippen LogP contribution is 2.31. The number of benzene rings is 1. The van der Waals surface area contributed by atoms with E-state index in [9.17, 15) is 27.6 Å². The van der Waals surface area contributed by atoms with E-state index in [1.807, 2.05) is 60.5 Å². The number of nitrogens with two attached hydrogens (primary N) is 1. The lowest BCUT2D eigenvalue weighted by Crippen LogP contribution is -2.54. The van der Waals surface area contributed by atoms with E-state index in [2.05, 4.69) is 4.72 Å². The lowest BCUT2D eigenvalue weighted by Gasteiger charge is -2.41. The molecule has 1 aromatic carbocycles. The normalized spacial score (nSPS) is 19.2. The molecule has 0 saturated carbocycles. The number of methoxy groups -OCH3 is 2. The SMILES string of the molecule is CCC(C)[C@@H]([C@@H](CC(=O)N1CCC[C@H]1[C@H](OC)[C@@H](C)C(=O)NS(=O)(=O)c1ccc(N)cc1)OC)N(C)C(=O)[C@@H](CC(=O)[C@H](C(C)C)N(C)C)C(C)C. The van der Waals surface area contributed by atoms with E-state index >= 15 is 0 Å². The number of carbonyl (C=O) groups excluding carboxylic acids is 4. The Labute approximate surface area is 312 Å². The van der Waals surface area contributed by atoms with E-state index in [0.29, 0.717) is 25.1 Å². The van der Waals surface area contributed by atoms with Crippen LogP contribution in [0.15, 0.2) is 29.2 Å². The quantitative estimate of drug-likeness (QED) is 0.187. The second kappa shape index (κ2) is 19.8. The van der Waals surface area contributed by atoms with Gasteiger partial charge in [-0.05, 0) is 69.0 Å². The van der Waals surface area contributed by atoms with Gasteiger partial charge in [0, 0.05) is 45.8 Å². The number of likely N-dealkylation sites (tertiary alicyclic amines) is 1. The summed E-state index contributed by atoms with van der Waals surface area (Å²) in [5, 5.41) is 0. The average Bonchev–Trinajstić information content (AvgIpc) is 3.55. The zero-order valence-corrected chi connectivity index (χ0v) is 34.2. The first-order valence-electron chi connectivity index (χ1n) is 18.5. The van der Waals surface area contributed by atoms with Crippen LogP contribution in [0.2, 0.25) is 0 Å². The zero-order valence-electron chi connectivity index (χ0n) is 33.4. The molecule has 1 aromatic rings. The second-order valence-corrected chi connectivity index (χ2v) is 17.0. The number of ether oxygens (including phenoxy) is 2. The number of anilines is 1. The lowest BCUT2D eigenvalue weighted by atomic mass is 9.83. The molecule has 0 aromatic heterocycles. The van der Waals surface area contributed by atoms with Gasteiger partial charge in [-0.15, -0.1) is 0 Å². The van der Waals surface area contributed by atoms with Gasteiger partial charge in [-0.25, -0.2) is 13.1 Å². The molecular formula is C38H65N5O8S. The van der Waals surface area contributed by atoms with Gasteiger partial charge in [0.15, 0.2) is 5.78 Å². The molecule has 1 aliphatic rings. The van der Waals surface area contributed by atoms with Crippen molar-refractivity contribution in [2.75, 3.05) is 47.6 Å². The number of hydrogen-bond acceptors (Lipinski definition) is 10. The third-order valence-electron chi connectivity index (χ3n) is 10.7. The molecule has 14 heteroatoms. The Morgan fingerprint density at radius 2 is 1.54 bits per heavy atom. The Morgan fingerprint density at radius 1 is 0.942 bits per heavy atom. The summed E-state index contributed by atoms with van der Waals surface area (Å²) < 4.78 is 39.8. The van der Waals surface area contributed by atoms with Gasteiger partial charge in [0.1, 0.15) is 0 Å². The number of Topliss-reactive ketones (excluding diaryl/α,β-unsaturated/α-hetero) is 1. The molecule has 1 saturated heterocycles. The highest BCUT2D eigenvalue weighted by molar-refractivity contribution is 7.90. The molecule has 0 aliphatic carbocycles. The largest absolute Gasteiger partial charge is 0.399 e. The van der Waals surface area contributed by atoms with E-state index in [-0.39, 0.29) is 59.1 Å². The number of nitrogens with one attached hydrogen (secondary N) is 1. The monoisotopic (exact) mass is 751 g/mol. The van der Waals surface area contributed by atoms with Crippen LogP contribution in [0.25, 0.3) is 0 Å². The van der Waals surface area contributed by atoms with Gasteiger partial charge in [0.05, 0.1) is 47.6 Å². The number of likely N-dealkylation sites (N-methyl/N-ethyl adjacent to an activating group) is 2. The molecule has 1 fully saturated rings. The molecule has 3 N–H and O–H groups in total. The number of ketones is 1. The summed E-state index contributed by atoms with van der Waals surface area (Å²) in [4.78, 5) is 60.3. The molecule has 0 bridgehead atoms. The van der Waals surface area contributed by atoms with Crippen LogP contribution in [-0.2, 0) is 38.7 Å². The van der Waals surface area contributed by atoms with Crippen molar-refractivity contribution in [2.24, 2.45) is 29.6 Å². The van der Waals surface area contributed by atoms with E-state index < -0.39 is 52.1 Å². The van der Waals surface area contributed by atoms with Gasteiger partial charge in [-0.1, -0.05) is 54.9 Å². The first kappa shape index (κ1) is 45.1. The number of rotatable bonds is 20. The van der Waals surface area contributed by atoms with Crippen molar-refractivity contribution in [2.45, 2.75) is 116 Å². The number of nitrogens with zero attached hydrogens (tertiary/aromatic N) is 3. The molecule has 2 rings (SSSR count). The maximum Gasteiger partial charge on any atom is 0.264 e. The summed E-state index contributed by atoms with van der Waals surface area (Å²) >= 11 is 0. The van der Waals surface area contributed by atoms with Crippen molar-refractivity contribution in [1.82, 2.24) is 19.4 Å². The van der Waals surface area contributed by atoms with Crippen LogP contribution < -0.4 is 10.5 Å². The first-order chi connectivity index (χ1) is 24.2. The Kier molecular flexibility index (Phi) is 17.2. The van der Waals surface area contributed by atoms with Crippen LogP contribution in [0.5, 0.6) is 0 Å². The fourth-order valence-corrected chi connectivity index (χ4v) is 8.76. The third kappa shape index (κ3) is 11.2. The van der Waals surface area contributed by atoms with Crippen LogP contribution in [-0.4, -0.2) is 119 Å². The Hall–Kier alpha value is -3.07. The van der Waals surface area contributed by atoms with Crippen LogP contribution in [0.1, 0.15) is 80.6 Å². The van der Waals surface area contributed by atoms with Crippen molar-refractivity contribution >= 4 is 39.2 Å². The van der Waals surface area contributed by atoms with Crippen molar-refractivity contribution in [3.05, 3.63) is 24.3 Å². The Bertz CT molecular complexity index is 1440. The lowest BCUT2D eigenvalue weighted by molar-refractivity contribution is -0.149. The minimum Gasteiger partial charge on any atom is -0.399 e. The number of carbonyl (C=O) groups is 4. The highest BCUT2D eigenvalue weighted by atomic mass is 32.2. The minimum absolute atomic E-state index is 0.0243. The third-order valence-corrected chi connectivity index (χ3v) is 12.1. The number of nitrogen functional groups attached to an aromatic ring is 1. The molecular weight excluding hydrogens is 687 g/mol. The predicted molar refractivity (Wildman–Crippen MR) is 203 cm³/mol. The van der Waals surface area contributed by atoms with Crippen molar-refractivity contribution < 1.29 is 37.1 Å². The smallest absolute Gasteiger partial charge is 0.264 e. The van der Waals surface area contributed by atoms with Gasteiger partial charge in [-0.2, -0.15) is 0 Å².